The number of unbranched alkanes of at least 4 members (excludes halogenated alkanes) is 10. The minimum Gasteiger partial charge on any atom is -0.466 e. The van der Waals surface area contributed by atoms with E-state index >= 15 is 0 Å². The predicted molar refractivity (Wildman–Crippen MR) is 109 cm³/mol. The summed E-state index contributed by atoms with van der Waals surface area (Å²) < 4.78 is 15.3. The van der Waals surface area contributed by atoms with Crippen LogP contribution < -0.4 is 0 Å². The fraction of sp³-hybridized carbons (Fsp3) is 0.864. The van der Waals surface area contributed by atoms with Crippen LogP contribution in [0.15, 0.2) is 0 Å². The fourth-order valence-corrected chi connectivity index (χ4v) is 2.80. The molecule has 0 aliphatic carbocycles. The van der Waals surface area contributed by atoms with E-state index in [-0.39, 0.29) is 13.0 Å². The van der Waals surface area contributed by atoms with Gasteiger partial charge in [-0.05, 0) is 12.8 Å². The van der Waals surface area contributed by atoms with E-state index in [0.29, 0.717) is 6.61 Å². The summed E-state index contributed by atoms with van der Waals surface area (Å²) in [6.07, 6.45) is 11.5. The quantitative estimate of drug-likeness (QED) is 0.181. The van der Waals surface area contributed by atoms with E-state index in [4.69, 9.17) is 14.2 Å². The number of carbonyl (C=O) groups excluding carboxylic acids is 3. The number of hydrogen-bond donors (Lipinski definition) is 0. The third kappa shape index (κ3) is 16.6. The van der Waals surface area contributed by atoms with Gasteiger partial charge in [-0.3, -0.25) is 9.59 Å². The van der Waals surface area contributed by atoms with Crippen molar-refractivity contribution in [3.05, 3.63) is 0 Å². The van der Waals surface area contributed by atoms with Crippen LogP contribution in [0, 0.1) is 0 Å². The van der Waals surface area contributed by atoms with Crippen molar-refractivity contribution in [1.29, 1.82) is 0 Å². The first-order valence-corrected chi connectivity index (χ1v) is 11.0. The molecular weight excluding hydrogens is 360 g/mol. The zero-order chi connectivity index (χ0) is 21.0. The Hall–Kier alpha value is -1.59. The molecule has 164 valence electrons. The highest BCUT2D eigenvalue weighted by atomic mass is 16.6. The van der Waals surface area contributed by atoms with Crippen LogP contribution in [0.1, 0.15) is 104 Å². The number of rotatable bonds is 18. The molecule has 0 fully saturated rings. The van der Waals surface area contributed by atoms with E-state index in [0.717, 1.165) is 38.5 Å². The van der Waals surface area contributed by atoms with Gasteiger partial charge in [-0.1, -0.05) is 78.1 Å². The van der Waals surface area contributed by atoms with Gasteiger partial charge in [0.15, 0.2) is 0 Å². The molecule has 0 bridgehead atoms. The molecule has 0 heterocycles. The summed E-state index contributed by atoms with van der Waals surface area (Å²) in [5, 5.41) is 0. The van der Waals surface area contributed by atoms with Crippen molar-refractivity contribution in [3.63, 3.8) is 0 Å². The third-order valence-electron chi connectivity index (χ3n) is 4.43. The van der Waals surface area contributed by atoms with Gasteiger partial charge in [-0.15, -0.1) is 0 Å². The van der Waals surface area contributed by atoms with Crippen molar-refractivity contribution in [2.45, 2.75) is 110 Å². The molecule has 0 spiro atoms. The van der Waals surface area contributed by atoms with Crippen molar-refractivity contribution in [1.82, 2.24) is 0 Å². The van der Waals surface area contributed by atoms with Gasteiger partial charge in [0.2, 0.25) is 6.10 Å². The smallest absolute Gasteiger partial charge is 0.348 e. The zero-order valence-corrected chi connectivity index (χ0v) is 18.1. The van der Waals surface area contributed by atoms with E-state index < -0.39 is 24.0 Å². The van der Waals surface area contributed by atoms with Gasteiger partial charge in [0.25, 0.3) is 0 Å². The second kappa shape index (κ2) is 18.8. The Morgan fingerprint density at radius 2 is 1.14 bits per heavy atom. The Bertz CT molecular complexity index is 421. The number of esters is 3. The van der Waals surface area contributed by atoms with E-state index in [1.54, 1.807) is 0 Å². The van der Waals surface area contributed by atoms with Crippen molar-refractivity contribution < 1.29 is 28.6 Å². The van der Waals surface area contributed by atoms with Crippen molar-refractivity contribution >= 4 is 17.9 Å². The first-order valence-electron chi connectivity index (χ1n) is 11.0. The molecule has 0 aromatic heterocycles. The summed E-state index contributed by atoms with van der Waals surface area (Å²) in [7, 11) is 0. The summed E-state index contributed by atoms with van der Waals surface area (Å²) in [5.74, 6) is -1.85. The van der Waals surface area contributed by atoms with Crippen LogP contribution in [-0.4, -0.2) is 37.2 Å². The summed E-state index contributed by atoms with van der Waals surface area (Å²) in [5.41, 5.74) is 0. The second-order valence-corrected chi connectivity index (χ2v) is 7.23. The average Bonchev–Trinajstić information content (AvgIpc) is 2.65. The highest BCUT2D eigenvalue weighted by Crippen LogP contribution is 2.09. The summed E-state index contributed by atoms with van der Waals surface area (Å²) in [4.78, 5) is 35.3. The minimum absolute atomic E-state index is 0.273. The Kier molecular flexibility index (Phi) is 17.7. The Balaban J connectivity index is 4.04. The molecule has 0 aromatic rings. The number of ether oxygens (including phenoxy) is 3. The van der Waals surface area contributed by atoms with Gasteiger partial charge >= 0.3 is 17.9 Å². The van der Waals surface area contributed by atoms with E-state index in [9.17, 15) is 14.4 Å². The first-order chi connectivity index (χ1) is 13.5. The molecule has 0 amide bonds. The maximum Gasteiger partial charge on any atom is 0.348 e. The molecule has 0 N–H and O–H groups in total. The predicted octanol–water partition coefficient (Wildman–Crippen LogP) is 5.12. The standard InChI is InChI=1S/C22H40O6/c1-4-6-8-10-12-14-16-26-21(24)18-20(28-19(3)23)22(25)27-17-15-13-11-9-7-5-2/h20H,4-18H2,1-3H3/t20-/m0/s1. The molecule has 0 aliphatic rings. The van der Waals surface area contributed by atoms with E-state index in [2.05, 4.69) is 13.8 Å². The highest BCUT2D eigenvalue weighted by Gasteiger charge is 2.27. The topological polar surface area (TPSA) is 78.9 Å². The lowest BCUT2D eigenvalue weighted by Crippen LogP contribution is -2.31. The largest absolute Gasteiger partial charge is 0.466 e. The van der Waals surface area contributed by atoms with Crippen molar-refractivity contribution in [2.75, 3.05) is 13.2 Å². The fourth-order valence-electron chi connectivity index (χ4n) is 2.80. The molecular formula is C22H40O6. The van der Waals surface area contributed by atoms with Gasteiger partial charge in [0, 0.05) is 6.92 Å². The summed E-state index contributed by atoms with van der Waals surface area (Å²) in [6.45, 7) is 6.13. The van der Waals surface area contributed by atoms with Crippen LogP contribution in [0.3, 0.4) is 0 Å². The lowest BCUT2D eigenvalue weighted by Gasteiger charge is -2.15. The van der Waals surface area contributed by atoms with E-state index in [1.165, 1.54) is 45.4 Å². The molecule has 0 aliphatic heterocycles. The summed E-state index contributed by atoms with van der Waals surface area (Å²) in [6, 6.07) is 0. The molecule has 0 saturated carbocycles. The monoisotopic (exact) mass is 400 g/mol. The molecule has 0 aromatic carbocycles. The van der Waals surface area contributed by atoms with Crippen molar-refractivity contribution in [3.8, 4) is 0 Å². The second-order valence-electron chi connectivity index (χ2n) is 7.23. The lowest BCUT2D eigenvalue weighted by atomic mass is 10.1. The van der Waals surface area contributed by atoms with Gasteiger partial charge in [-0.2, -0.15) is 0 Å². The average molecular weight is 401 g/mol. The molecule has 6 nitrogen and oxygen atoms in total. The van der Waals surface area contributed by atoms with Crippen LogP contribution in [0.2, 0.25) is 0 Å². The first kappa shape index (κ1) is 26.4. The molecule has 6 heteroatoms. The molecule has 0 saturated heterocycles. The summed E-state index contributed by atoms with van der Waals surface area (Å²) >= 11 is 0. The van der Waals surface area contributed by atoms with Gasteiger partial charge in [0.1, 0.15) is 0 Å². The van der Waals surface area contributed by atoms with Gasteiger partial charge < -0.3 is 14.2 Å². The van der Waals surface area contributed by atoms with Crippen LogP contribution in [0.25, 0.3) is 0 Å². The highest BCUT2D eigenvalue weighted by molar-refractivity contribution is 5.84. The van der Waals surface area contributed by atoms with Crippen LogP contribution in [0.5, 0.6) is 0 Å². The zero-order valence-electron chi connectivity index (χ0n) is 18.1. The SMILES string of the molecule is CCCCCCCCOC(=O)C[C@H](OC(C)=O)C(=O)OCCCCCCCC. The minimum atomic E-state index is -1.23. The molecule has 0 radical (unpaired) electrons. The van der Waals surface area contributed by atoms with Crippen molar-refractivity contribution in [2.24, 2.45) is 0 Å². The maximum absolute atomic E-state index is 12.1. The van der Waals surface area contributed by atoms with Crippen LogP contribution in [0.4, 0.5) is 0 Å². The number of carbonyl (C=O) groups is 3. The van der Waals surface area contributed by atoms with Crippen LogP contribution >= 0.6 is 0 Å². The Labute approximate surface area is 170 Å². The van der Waals surface area contributed by atoms with Gasteiger partial charge in [0.05, 0.1) is 19.6 Å². The van der Waals surface area contributed by atoms with Gasteiger partial charge in [-0.25, -0.2) is 4.79 Å². The lowest BCUT2D eigenvalue weighted by molar-refractivity contribution is -0.171. The molecule has 1 atom stereocenters. The molecule has 0 rings (SSSR count). The van der Waals surface area contributed by atoms with Crippen LogP contribution in [-0.2, 0) is 28.6 Å². The Morgan fingerprint density at radius 3 is 1.64 bits per heavy atom. The maximum atomic E-state index is 12.1. The molecule has 0 unspecified atom stereocenters. The van der Waals surface area contributed by atoms with E-state index in [1.807, 2.05) is 0 Å². The Morgan fingerprint density at radius 1 is 0.679 bits per heavy atom. The number of hydrogen-bond acceptors (Lipinski definition) is 6. The molecule has 28 heavy (non-hydrogen) atoms. The normalized spacial score (nSPS) is 11.7. The third-order valence-corrected chi connectivity index (χ3v) is 4.43.